The molecule has 0 spiro atoms. The van der Waals surface area contributed by atoms with Crippen LogP contribution >= 0.6 is 12.2 Å². The van der Waals surface area contributed by atoms with E-state index in [-0.39, 0.29) is 11.7 Å². The Morgan fingerprint density at radius 2 is 2.13 bits per heavy atom. The van der Waals surface area contributed by atoms with E-state index < -0.39 is 6.67 Å². The van der Waals surface area contributed by atoms with Crippen molar-refractivity contribution in [1.29, 1.82) is 0 Å². The number of hydrogen-bond donors (Lipinski definition) is 1. The van der Waals surface area contributed by atoms with Crippen molar-refractivity contribution in [3.8, 4) is 0 Å². The Kier molecular flexibility index (Phi) is 5.45. The van der Waals surface area contributed by atoms with E-state index >= 15 is 0 Å². The lowest BCUT2D eigenvalue weighted by Gasteiger charge is -2.26. The lowest BCUT2D eigenvalue weighted by Crippen LogP contribution is -2.43. The molecular weight excluding hydrogens is 217 g/mol. The zero-order valence-corrected chi connectivity index (χ0v) is 9.43. The van der Waals surface area contributed by atoms with Crippen LogP contribution in [0.5, 0.6) is 0 Å². The molecule has 1 N–H and O–H groups in total. The predicted molar refractivity (Wildman–Crippen MR) is 61.1 cm³/mol. The molecule has 86 valence electrons. The van der Waals surface area contributed by atoms with E-state index in [0.717, 1.165) is 17.9 Å². The normalized spacial score (nSPS) is 17.1. The van der Waals surface area contributed by atoms with Crippen molar-refractivity contribution in [2.45, 2.75) is 38.1 Å². The van der Waals surface area contributed by atoms with Crippen molar-refractivity contribution in [3.63, 3.8) is 0 Å². The fourth-order valence-corrected chi connectivity index (χ4v) is 2.05. The highest BCUT2D eigenvalue weighted by Gasteiger charge is 2.17. The standard InChI is InChI=1S/C9H16FN3OS/c10-6-7-13(12-14)9(15)11-8-4-2-1-3-5-8/h8H,1-7H2,(H,11,15). The minimum Gasteiger partial charge on any atom is -0.358 e. The zero-order valence-electron chi connectivity index (χ0n) is 8.62. The van der Waals surface area contributed by atoms with Crippen LogP contribution in [0.1, 0.15) is 32.1 Å². The summed E-state index contributed by atoms with van der Waals surface area (Å²) in [4.78, 5) is 10.4. The molecule has 0 aromatic rings. The van der Waals surface area contributed by atoms with Gasteiger partial charge in [0.25, 0.3) is 0 Å². The molecule has 0 amide bonds. The number of nitrogens with zero attached hydrogens (tertiary/aromatic N) is 2. The van der Waals surface area contributed by atoms with E-state index in [9.17, 15) is 9.30 Å². The number of rotatable bonds is 4. The van der Waals surface area contributed by atoms with Gasteiger partial charge in [-0.3, -0.25) is 0 Å². The summed E-state index contributed by atoms with van der Waals surface area (Å²) in [6.07, 6.45) is 5.73. The van der Waals surface area contributed by atoms with Crippen LogP contribution in [-0.4, -0.2) is 29.4 Å². The number of nitroso groups, excluding NO2 is 1. The van der Waals surface area contributed by atoms with Crippen molar-refractivity contribution in [2.75, 3.05) is 13.2 Å². The lowest BCUT2D eigenvalue weighted by molar-refractivity contribution is 0.344. The van der Waals surface area contributed by atoms with E-state index in [4.69, 9.17) is 12.2 Å². The van der Waals surface area contributed by atoms with Gasteiger partial charge in [-0.2, -0.15) is 0 Å². The Balaban J connectivity index is 2.34. The molecule has 0 heterocycles. The third-order valence-corrected chi connectivity index (χ3v) is 2.89. The molecule has 1 aliphatic carbocycles. The van der Waals surface area contributed by atoms with Gasteiger partial charge in [0.1, 0.15) is 6.67 Å². The van der Waals surface area contributed by atoms with Gasteiger partial charge in [0.2, 0.25) is 0 Å². The third kappa shape index (κ3) is 4.07. The lowest BCUT2D eigenvalue weighted by atomic mass is 9.96. The molecular formula is C9H16FN3OS. The summed E-state index contributed by atoms with van der Waals surface area (Å²) >= 11 is 4.98. The molecule has 0 aromatic carbocycles. The molecule has 0 bridgehead atoms. The highest BCUT2D eigenvalue weighted by Crippen LogP contribution is 2.17. The Hall–Kier alpha value is -0.780. The van der Waals surface area contributed by atoms with E-state index in [0.29, 0.717) is 6.04 Å². The smallest absolute Gasteiger partial charge is 0.192 e. The molecule has 4 nitrogen and oxygen atoms in total. The zero-order chi connectivity index (χ0) is 11.1. The highest BCUT2D eigenvalue weighted by atomic mass is 32.1. The number of nitrogens with one attached hydrogen (secondary N) is 1. The Morgan fingerprint density at radius 3 is 2.67 bits per heavy atom. The fraction of sp³-hybridized carbons (Fsp3) is 0.889. The van der Waals surface area contributed by atoms with Crippen LogP contribution in [0, 0.1) is 4.91 Å². The molecule has 1 rings (SSSR count). The van der Waals surface area contributed by atoms with Gasteiger partial charge in [-0.15, -0.1) is 4.91 Å². The molecule has 0 aromatic heterocycles. The van der Waals surface area contributed by atoms with Gasteiger partial charge in [0.15, 0.2) is 5.11 Å². The van der Waals surface area contributed by atoms with Gasteiger partial charge >= 0.3 is 0 Å². The molecule has 0 unspecified atom stereocenters. The summed E-state index contributed by atoms with van der Waals surface area (Å²) in [5.41, 5.74) is 0. The SMILES string of the molecule is O=NN(CCF)C(=S)NC1CCCCC1. The van der Waals surface area contributed by atoms with E-state index in [1.165, 1.54) is 19.3 Å². The van der Waals surface area contributed by atoms with Crippen LogP contribution in [-0.2, 0) is 0 Å². The minimum absolute atomic E-state index is 0.0674. The average molecular weight is 233 g/mol. The summed E-state index contributed by atoms with van der Waals surface area (Å²) in [5.74, 6) is 0. The minimum atomic E-state index is -0.627. The van der Waals surface area contributed by atoms with E-state index in [2.05, 4.69) is 10.6 Å². The van der Waals surface area contributed by atoms with E-state index in [1.54, 1.807) is 0 Å². The second-order valence-electron chi connectivity index (χ2n) is 3.68. The van der Waals surface area contributed by atoms with Crippen LogP contribution in [0.25, 0.3) is 0 Å². The number of alkyl halides is 1. The molecule has 0 aliphatic heterocycles. The Labute approximate surface area is 94.2 Å². The molecule has 1 aliphatic rings. The average Bonchev–Trinajstić information content (AvgIpc) is 2.27. The van der Waals surface area contributed by atoms with Crippen LogP contribution < -0.4 is 5.32 Å². The van der Waals surface area contributed by atoms with Gasteiger partial charge < -0.3 is 5.32 Å². The summed E-state index contributed by atoms with van der Waals surface area (Å²) in [6, 6.07) is 0.315. The predicted octanol–water partition coefficient (Wildman–Crippen LogP) is 2.15. The fourth-order valence-electron chi connectivity index (χ4n) is 1.76. The van der Waals surface area contributed by atoms with Crippen molar-refractivity contribution in [2.24, 2.45) is 5.29 Å². The second kappa shape index (κ2) is 6.66. The summed E-state index contributed by atoms with van der Waals surface area (Å²) < 4.78 is 12.0. The van der Waals surface area contributed by atoms with Crippen LogP contribution in [0.2, 0.25) is 0 Å². The number of halogens is 1. The Morgan fingerprint density at radius 1 is 1.47 bits per heavy atom. The molecule has 0 saturated heterocycles. The van der Waals surface area contributed by atoms with Crippen molar-refractivity contribution >= 4 is 17.3 Å². The largest absolute Gasteiger partial charge is 0.358 e. The van der Waals surface area contributed by atoms with Gasteiger partial charge in [-0.1, -0.05) is 19.3 Å². The first-order valence-electron chi connectivity index (χ1n) is 5.25. The van der Waals surface area contributed by atoms with Gasteiger partial charge in [0.05, 0.1) is 11.8 Å². The maximum absolute atomic E-state index is 12.0. The molecule has 6 heteroatoms. The van der Waals surface area contributed by atoms with Crippen molar-refractivity contribution < 1.29 is 4.39 Å². The first-order valence-corrected chi connectivity index (χ1v) is 5.66. The maximum Gasteiger partial charge on any atom is 0.192 e. The monoisotopic (exact) mass is 233 g/mol. The number of hydrogen-bond acceptors (Lipinski definition) is 3. The van der Waals surface area contributed by atoms with Crippen molar-refractivity contribution in [3.05, 3.63) is 4.91 Å². The van der Waals surface area contributed by atoms with Gasteiger partial charge in [0, 0.05) is 6.04 Å². The van der Waals surface area contributed by atoms with Crippen LogP contribution in [0.15, 0.2) is 5.29 Å². The number of thiocarbonyl (C=S) groups is 1. The summed E-state index contributed by atoms with van der Waals surface area (Å²) in [7, 11) is 0. The quantitative estimate of drug-likeness (QED) is 0.459. The topological polar surface area (TPSA) is 44.7 Å². The van der Waals surface area contributed by atoms with Gasteiger partial charge in [-0.25, -0.2) is 9.40 Å². The maximum atomic E-state index is 12.0. The van der Waals surface area contributed by atoms with Gasteiger partial charge in [-0.05, 0) is 25.1 Å². The Bertz CT molecular complexity index is 221. The van der Waals surface area contributed by atoms with E-state index in [1.807, 2.05) is 0 Å². The summed E-state index contributed by atoms with van der Waals surface area (Å²) in [6.45, 7) is -0.694. The third-order valence-electron chi connectivity index (χ3n) is 2.56. The first kappa shape index (κ1) is 12.3. The molecule has 1 fully saturated rings. The van der Waals surface area contributed by atoms with Crippen LogP contribution in [0.4, 0.5) is 4.39 Å². The summed E-state index contributed by atoms with van der Waals surface area (Å²) in [5, 5.41) is 6.94. The molecule has 15 heavy (non-hydrogen) atoms. The second-order valence-corrected chi connectivity index (χ2v) is 4.06. The molecule has 0 radical (unpaired) electrons. The molecule has 0 atom stereocenters. The van der Waals surface area contributed by atoms with Crippen LogP contribution in [0.3, 0.4) is 0 Å². The van der Waals surface area contributed by atoms with Crippen molar-refractivity contribution in [1.82, 2.24) is 10.3 Å². The highest BCUT2D eigenvalue weighted by molar-refractivity contribution is 7.80. The molecule has 1 saturated carbocycles. The first-order chi connectivity index (χ1) is 7.27.